The highest BCUT2D eigenvalue weighted by Crippen LogP contribution is 2.33. The number of unbranched alkanes of at least 4 members (excludes halogenated alkanes) is 1. The van der Waals surface area contributed by atoms with Gasteiger partial charge in [-0.05, 0) is 30.7 Å². The predicted molar refractivity (Wildman–Crippen MR) is 74.9 cm³/mol. The lowest BCUT2D eigenvalue weighted by molar-refractivity contribution is -0.255. The van der Waals surface area contributed by atoms with E-state index >= 15 is 0 Å². The van der Waals surface area contributed by atoms with Crippen molar-refractivity contribution in [2.45, 2.75) is 38.2 Å². The minimum Gasteiger partial charge on any atom is -0.494 e. The summed E-state index contributed by atoms with van der Waals surface area (Å²) in [7, 11) is 0. The fourth-order valence-corrected chi connectivity index (χ4v) is 1.62. The van der Waals surface area contributed by atoms with E-state index in [-0.39, 0.29) is 5.69 Å². The predicted octanol–water partition coefficient (Wildman–Crippen LogP) is 4.48. The molecule has 0 unspecified atom stereocenters. The topological polar surface area (TPSA) is 50.4 Å². The second kappa shape index (κ2) is 8.11. The molecule has 0 spiro atoms. The maximum atomic E-state index is 12.3. The first kappa shape index (κ1) is 19.9. The van der Waals surface area contributed by atoms with Gasteiger partial charge in [-0.3, -0.25) is 0 Å². The van der Waals surface area contributed by atoms with Gasteiger partial charge in [-0.1, -0.05) is 13.3 Å². The molecule has 0 radical (unpaired) electrons. The number of hydrogen-bond acceptors (Lipinski definition) is 2. The molecule has 0 saturated heterocycles. The largest absolute Gasteiger partial charge is 0.494 e. The number of carbonyl (C=O) groups is 1. The molecule has 4 nitrogen and oxygen atoms in total. The first-order valence-electron chi connectivity index (χ1n) is 6.98. The lowest BCUT2D eigenvalue weighted by atomic mass is 10.2. The van der Waals surface area contributed by atoms with E-state index in [0.29, 0.717) is 12.4 Å². The highest BCUT2D eigenvalue weighted by atomic mass is 19.4. The molecule has 0 aliphatic heterocycles. The van der Waals surface area contributed by atoms with E-state index in [1.54, 1.807) is 0 Å². The summed E-state index contributed by atoms with van der Waals surface area (Å²) in [5.41, 5.74) is 0.0263. The molecule has 0 heterocycles. The first-order valence-corrected chi connectivity index (χ1v) is 6.98. The molecule has 2 amide bonds. The summed E-state index contributed by atoms with van der Waals surface area (Å²) >= 11 is 0. The Morgan fingerprint density at radius 1 is 1.08 bits per heavy atom. The van der Waals surface area contributed by atoms with Crippen LogP contribution in [0.25, 0.3) is 0 Å². The first-order chi connectivity index (χ1) is 11.0. The van der Waals surface area contributed by atoms with Gasteiger partial charge in [0.15, 0.2) is 0 Å². The molecule has 1 rings (SSSR count). The van der Waals surface area contributed by atoms with Crippen molar-refractivity contribution in [2.24, 2.45) is 0 Å². The zero-order valence-corrected chi connectivity index (χ0v) is 12.6. The lowest BCUT2D eigenvalue weighted by Gasteiger charge is -2.23. The zero-order valence-electron chi connectivity index (χ0n) is 12.6. The molecule has 0 aromatic heterocycles. The van der Waals surface area contributed by atoms with Crippen LogP contribution < -0.4 is 15.4 Å². The van der Waals surface area contributed by atoms with Gasteiger partial charge in [0.1, 0.15) is 5.75 Å². The molecule has 0 fully saturated rings. The molecule has 0 aliphatic carbocycles. The number of nitrogens with one attached hydrogen (secondary N) is 2. The molecule has 2 N–H and O–H groups in total. The van der Waals surface area contributed by atoms with Gasteiger partial charge in [0.2, 0.25) is 6.04 Å². The molecular formula is C14H16F6N2O2. The molecule has 1 aromatic carbocycles. The van der Waals surface area contributed by atoms with Gasteiger partial charge in [-0.25, -0.2) is 4.79 Å². The van der Waals surface area contributed by atoms with E-state index in [0.717, 1.165) is 18.2 Å². The van der Waals surface area contributed by atoms with Crippen molar-refractivity contribution in [2.75, 3.05) is 11.9 Å². The summed E-state index contributed by atoms with van der Waals surface area (Å²) in [4.78, 5) is 11.4. The molecule has 0 atom stereocenters. The van der Waals surface area contributed by atoms with Crippen LogP contribution in [-0.2, 0) is 0 Å². The SMILES string of the molecule is CCCCOc1ccc(NC(=O)NC(C(F)(F)F)C(F)(F)F)cc1. The van der Waals surface area contributed by atoms with Gasteiger partial charge in [-0.15, -0.1) is 0 Å². The highest BCUT2D eigenvalue weighted by Gasteiger charge is 2.57. The maximum Gasteiger partial charge on any atom is 0.417 e. The number of alkyl halides is 6. The molecular weight excluding hydrogens is 342 g/mol. The van der Waals surface area contributed by atoms with Crippen LogP contribution in [0.3, 0.4) is 0 Å². The summed E-state index contributed by atoms with van der Waals surface area (Å²) in [6.45, 7) is 2.45. The lowest BCUT2D eigenvalue weighted by Crippen LogP contribution is -2.55. The molecule has 10 heteroatoms. The Morgan fingerprint density at radius 3 is 2.08 bits per heavy atom. The van der Waals surface area contributed by atoms with Crippen LogP contribution in [0.2, 0.25) is 0 Å². The van der Waals surface area contributed by atoms with Crippen LogP contribution in [0.15, 0.2) is 24.3 Å². The monoisotopic (exact) mass is 358 g/mol. The van der Waals surface area contributed by atoms with Crippen molar-refractivity contribution in [1.82, 2.24) is 5.32 Å². The quantitative estimate of drug-likeness (QED) is 0.582. The minimum atomic E-state index is -5.65. The van der Waals surface area contributed by atoms with E-state index in [1.807, 2.05) is 12.2 Å². The number of urea groups is 1. The zero-order chi connectivity index (χ0) is 18.4. The average Bonchev–Trinajstić information content (AvgIpc) is 2.44. The third kappa shape index (κ3) is 6.55. The van der Waals surface area contributed by atoms with Crippen LogP contribution in [0.5, 0.6) is 5.75 Å². The van der Waals surface area contributed by atoms with Gasteiger partial charge in [0, 0.05) is 5.69 Å². The Hall–Kier alpha value is -2.13. The Balaban J connectivity index is 2.64. The Labute approximate surface area is 134 Å². The molecule has 0 bridgehead atoms. The van der Waals surface area contributed by atoms with Gasteiger partial charge >= 0.3 is 18.4 Å². The van der Waals surface area contributed by atoms with Crippen LogP contribution >= 0.6 is 0 Å². The molecule has 0 aliphatic rings. The third-order valence-electron chi connectivity index (χ3n) is 2.81. The fraction of sp³-hybridized carbons (Fsp3) is 0.500. The van der Waals surface area contributed by atoms with E-state index in [4.69, 9.17) is 4.74 Å². The number of ether oxygens (including phenoxy) is 1. The van der Waals surface area contributed by atoms with E-state index in [2.05, 4.69) is 0 Å². The minimum absolute atomic E-state index is 0.0263. The van der Waals surface area contributed by atoms with Crippen molar-refractivity contribution in [3.8, 4) is 5.75 Å². The summed E-state index contributed by atoms with van der Waals surface area (Å²) in [5, 5.41) is 2.78. The van der Waals surface area contributed by atoms with Crippen molar-refractivity contribution in [3.63, 3.8) is 0 Å². The van der Waals surface area contributed by atoms with E-state index < -0.39 is 24.4 Å². The van der Waals surface area contributed by atoms with Gasteiger partial charge in [-0.2, -0.15) is 26.3 Å². The summed E-state index contributed by atoms with van der Waals surface area (Å²) in [6.07, 6.45) is -9.53. The summed E-state index contributed by atoms with van der Waals surface area (Å²) in [5.74, 6) is 0.470. The van der Waals surface area contributed by atoms with E-state index in [1.165, 1.54) is 24.3 Å². The van der Waals surface area contributed by atoms with Gasteiger partial charge in [0.05, 0.1) is 6.61 Å². The van der Waals surface area contributed by atoms with E-state index in [9.17, 15) is 31.1 Å². The van der Waals surface area contributed by atoms with Gasteiger partial charge < -0.3 is 15.4 Å². The Morgan fingerprint density at radius 2 is 1.62 bits per heavy atom. The molecule has 136 valence electrons. The van der Waals surface area contributed by atoms with Crippen LogP contribution in [0.4, 0.5) is 36.8 Å². The van der Waals surface area contributed by atoms with Crippen LogP contribution in [0, 0.1) is 0 Å². The standard InChI is InChI=1S/C14H16F6N2O2/c1-2-3-8-24-10-6-4-9(5-7-10)21-12(23)22-11(13(15,16)17)14(18,19)20/h4-7,11H,2-3,8H2,1H3,(H2,21,22,23). The smallest absolute Gasteiger partial charge is 0.417 e. The van der Waals surface area contributed by atoms with Crippen molar-refractivity contribution >= 4 is 11.7 Å². The third-order valence-corrected chi connectivity index (χ3v) is 2.81. The molecule has 1 aromatic rings. The number of hydrogen-bond donors (Lipinski definition) is 2. The second-order valence-corrected chi connectivity index (χ2v) is 4.84. The number of rotatable bonds is 6. The number of anilines is 1. The number of carbonyl (C=O) groups excluding carboxylic acids is 1. The number of amides is 2. The maximum absolute atomic E-state index is 12.3. The van der Waals surface area contributed by atoms with Crippen molar-refractivity contribution < 1.29 is 35.9 Å². The normalized spacial score (nSPS) is 12.2. The van der Waals surface area contributed by atoms with Crippen molar-refractivity contribution in [3.05, 3.63) is 24.3 Å². The molecule has 24 heavy (non-hydrogen) atoms. The Bertz CT molecular complexity index is 514. The number of benzene rings is 1. The Kier molecular flexibility index (Phi) is 6.73. The van der Waals surface area contributed by atoms with Crippen LogP contribution in [0.1, 0.15) is 19.8 Å². The van der Waals surface area contributed by atoms with Crippen LogP contribution in [-0.4, -0.2) is 31.0 Å². The average molecular weight is 358 g/mol. The second-order valence-electron chi connectivity index (χ2n) is 4.84. The number of halogens is 6. The fourth-order valence-electron chi connectivity index (χ4n) is 1.62. The van der Waals surface area contributed by atoms with Gasteiger partial charge in [0.25, 0.3) is 0 Å². The highest BCUT2D eigenvalue weighted by molar-refractivity contribution is 5.89. The summed E-state index contributed by atoms with van der Waals surface area (Å²) < 4.78 is 79.4. The van der Waals surface area contributed by atoms with Crippen molar-refractivity contribution in [1.29, 1.82) is 0 Å². The summed E-state index contributed by atoms with van der Waals surface area (Å²) in [6, 6.07) is -0.0726. The molecule has 0 saturated carbocycles.